The molecule has 0 saturated heterocycles. The van der Waals surface area contributed by atoms with Crippen LogP contribution in [0.15, 0.2) is 4.52 Å². The third-order valence-corrected chi connectivity index (χ3v) is 2.55. The van der Waals surface area contributed by atoms with Crippen LogP contribution in [0.4, 0.5) is 0 Å². The first-order chi connectivity index (χ1) is 7.19. The van der Waals surface area contributed by atoms with E-state index in [-0.39, 0.29) is 24.3 Å². The van der Waals surface area contributed by atoms with Crippen LogP contribution < -0.4 is 5.73 Å². The van der Waals surface area contributed by atoms with E-state index in [1.54, 1.807) is 0 Å². The van der Waals surface area contributed by atoms with Crippen LogP contribution in [-0.2, 0) is 16.0 Å². The molecule has 1 saturated carbocycles. The van der Waals surface area contributed by atoms with Gasteiger partial charge in [-0.05, 0) is 12.8 Å². The van der Waals surface area contributed by atoms with E-state index in [4.69, 9.17) is 10.3 Å². The maximum atomic E-state index is 10.9. The number of nitrogens with two attached hydrogens (primary N) is 1. The molecule has 0 aliphatic heterocycles. The van der Waals surface area contributed by atoms with E-state index in [1.165, 1.54) is 7.11 Å². The summed E-state index contributed by atoms with van der Waals surface area (Å²) in [6.07, 6.45) is 1.80. The average molecular weight is 211 g/mol. The minimum absolute atomic E-state index is 0.0300. The Morgan fingerprint density at radius 1 is 1.67 bits per heavy atom. The quantitative estimate of drug-likeness (QED) is 0.707. The number of hydrogen-bond donors (Lipinski definition) is 1. The third-order valence-electron chi connectivity index (χ3n) is 2.55. The number of rotatable bonds is 3. The number of aromatic nitrogens is 2. The Morgan fingerprint density at radius 3 is 3.00 bits per heavy atom. The zero-order valence-electron chi connectivity index (χ0n) is 8.47. The number of nitrogens with zero attached hydrogens (tertiary/aromatic N) is 2. The summed E-state index contributed by atoms with van der Waals surface area (Å²) in [6, 6.07) is 0.248. The molecule has 1 aliphatic rings. The summed E-state index contributed by atoms with van der Waals surface area (Å²) >= 11 is 0. The van der Waals surface area contributed by atoms with Gasteiger partial charge in [0, 0.05) is 12.0 Å². The smallest absolute Gasteiger partial charge is 0.315 e. The molecule has 1 heterocycles. The van der Waals surface area contributed by atoms with Gasteiger partial charge in [-0.2, -0.15) is 4.98 Å². The fourth-order valence-electron chi connectivity index (χ4n) is 1.57. The third kappa shape index (κ3) is 2.15. The molecular weight excluding hydrogens is 198 g/mol. The molecule has 0 spiro atoms. The van der Waals surface area contributed by atoms with E-state index in [0.717, 1.165) is 12.8 Å². The SMILES string of the molecule is COC(=O)Cc1nc(C2CC(N)C2)no1. The molecule has 6 nitrogen and oxygen atoms in total. The highest BCUT2D eigenvalue weighted by Gasteiger charge is 2.31. The van der Waals surface area contributed by atoms with Crippen LogP contribution in [0.2, 0.25) is 0 Å². The van der Waals surface area contributed by atoms with Gasteiger partial charge in [-0.1, -0.05) is 5.16 Å². The van der Waals surface area contributed by atoms with Crippen LogP contribution in [0.3, 0.4) is 0 Å². The predicted molar refractivity (Wildman–Crippen MR) is 50.0 cm³/mol. The summed E-state index contributed by atoms with van der Waals surface area (Å²) in [5.74, 6) is 0.860. The van der Waals surface area contributed by atoms with Gasteiger partial charge in [0.05, 0.1) is 7.11 Å². The Hall–Kier alpha value is -1.43. The van der Waals surface area contributed by atoms with Crippen molar-refractivity contribution in [2.24, 2.45) is 5.73 Å². The van der Waals surface area contributed by atoms with Crippen LogP contribution in [0.1, 0.15) is 30.5 Å². The van der Waals surface area contributed by atoms with Crippen LogP contribution in [0.25, 0.3) is 0 Å². The lowest BCUT2D eigenvalue weighted by Crippen LogP contribution is -2.35. The maximum absolute atomic E-state index is 10.9. The van der Waals surface area contributed by atoms with Crippen molar-refractivity contribution in [3.8, 4) is 0 Å². The van der Waals surface area contributed by atoms with E-state index >= 15 is 0 Å². The minimum atomic E-state index is -0.379. The lowest BCUT2D eigenvalue weighted by atomic mass is 9.80. The van der Waals surface area contributed by atoms with Crippen LogP contribution in [-0.4, -0.2) is 29.3 Å². The van der Waals surface area contributed by atoms with Crippen molar-refractivity contribution in [1.29, 1.82) is 0 Å². The second-order valence-corrected chi connectivity index (χ2v) is 3.73. The first kappa shape index (κ1) is 10.1. The molecule has 0 amide bonds. The first-order valence-electron chi connectivity index (χ1n) is 4.84. The summed E-state index contributed by atoms with van der Waals surface area (Å²) in [6.45, 7) is 0. The Kier molecular flexibility index (Phi) is 2.68. The summed E-state index contributed by atoms with van der Waals surface area (Å²) in [5, 5.41) is 3.81. The first-order valence-corrected chi connectivity index (χ1v) is 4.84. The zero-order chi connectivity index (χ0) is 10.8. The molecule has 1 aromatic rings. The second kappa shape index (κ2) is 3.98. The molecule has 0 bridgehead atoms. The Balaban J connectivity index is 1.95. The van der Waals surface area contributed by atoms with Gasteiger partial charge in [-0.25, -0.2) is 0 Å². The Bertz CT molecular complexity index is 357. The van der Waals surface area contributed by atoms with Crippen LogP contribution >= 0.6 is 0 Å². The molecule has 2 N–H and O–H groups in total. The summed E-state index contributed by atoms with van der Waals surface area (Å²) < 4.78 is 9.42. The van der Waals surface area contributed by atoms with Gasteiger partial charge in [0.15, 0.2) is 5.82 Å². The molecule has 15 heavy (non-hydrogen) atoms. The summed E-state index contributed by atoms with van der Waals surface area (Å²) in [4.78, 5) is 15.0. The Labute approximate surface area is 86.8 Å². The molecule has 2 rings (SSSR count). The predicted octanol–water partition coefficient (Wildman–Crippen LogP) is -0.0102. The second-order valence-electron chi connectivity index (χ2n) is 3.73. The molecule has 0 unspecified atom stereocenters. The number of methoxy groups -OCH3 is 1. The van der Waals surface area contributed by atoms with E-state index in [9.17, 15) is 4.79 Å². The summed E-state index contributed by atoms with van der Waals surface area (Å²) in [5.41, 5.74) is 5.65. The van der Waals surface area contributed by atoms with Gasteiger partial charge >= 0.3 is 5.97 Å². The van der Waals surface area contributed by atoms with Crippen molar-refractivity contribution in [2.45, 2.75) is 31.2 Å². The summed E-state index contributed by atoms with van der Waals surface area (Å²) in [7, 11) is 1.32. The average Bonchev–Trinajstić information content (AvgIpc) is 2.61. The molecule has 1 aromatic heterocycles. The number of ether oxygens (including phenoxy) is 1. The highest BCUT2D eigenvalue weighted by atomic mass is 16.5. The highest BCUT2D eigenvalue weighted by Crippen LogP contribution is 2.33. The van der Waals surface area contributed by atoms with Gasteiger partial charge in [0.25, 0.3) is 0 Å². The van der Waals surface area contributed by atoms with E-state index < -0.39 is 0 Å². The molecule has 1 fully saturated rings. The topological polar surface area (TPSA) is 91.2 Å². The molecule has 6 heteroatoms. The van der Waals surface area contributed by atoms with Crippen molar-refractivity contribution in [1.82, 2.24) is 10.1 Å². The molecule has 82 valence electrons. The molecule has 1 aliphatic carbocycles. The monoisotopic (exact) mass is 211 g/mol. The molecular formula is C9H13N3O3. The largest absolute Gasteiger partial charge is 0.469 e. The van der Waals surface area contributed by atoms with Gasteiger partial charge in [0.2, 0.25) is 5.89 Å². The van der Waals surface area contributed by atoms with Crippen molar-refractivity contribution in [3.63, 3.8) is 0 Å². The molecule has 0 atom stereocenters. The standard InChI is InChI=1S/C9H13N3O3/c1-14-8(13)4-7-11-9(12-15-7)5-2-6(10)3-5/h5-6H,2-4,10H2,1H3. The lowest BCUT2D eigenvalue weighted by molar-refractivity contribution is -0.140. The number of esters is 1. The van der Waals surface area contributed by atoms with Crippen molar-refractivity contribution < 1.29 is 14.1 Å². The minimum Gasteiger partial charge on any atom is -0.469 e. The maximum Gasteiger partial charge on any atom is 0.315 e. The van der Waals surface area contributed by atoms with E-state index in [2.05, 4.69) is 14.9 Å². The van der Waals surface area contributed by atoms with Crippen molar-refractivity contribution in [2.75, 3.05) is 7.11 Å². The fourth-order valence-corrected chi connectivity index (χ4v) is 1.57. The van der Waals surface area contributed by atoms with E-state index in [0.29, 0.717) is 11.7 Å². The van der Waals surface area contributed by atoms with Gasteiger partial charge < -0.3 is 15.0 Å². The normalized spacial score (nSPS) is 24.7. The van der Waals surface area contributed by atoms with Gasteiger partial charge in [0.1, 0.15) is 6.42 Å². The zero-order valence-corrected chi connectivity index (χ0v) is 8.47. The fraction of sp³-hybridized carbons (Fsp3) is 0.667. The van der Waals surface area contributed by atoms with Gasteiger partial charge in [-0.15, -0.1) is 0 Å². The number of carbonyl (C=O) groups excluding carboxylic acids is 1. The van der Waals surface area contributed by atoms with Crippen LogP contribution in [0, 0.1) is 0 Å². The van der Waals surface area contributed by atoms with Gasteiger partial charge in [-0.3, -0.25) is 4.79 Å². The van der Waals surface area contributed by atoms with Crippen LogP contribution in [0.5, 0.6) is 0 Å². The lowest BCUT2D eigenvalue weighted by Gasteiger charge is -2.29. The number of hydrogen-bond acceptors (Lipinski definition) is 6. The van der Waals surface area contributed by atoms with Crippen molar-refractivity contribution in [3.05, 3.63) is 11.7 Å². The molecule has 0 radical (unpaired) electrons. The van der Waals surface area contributed by atoms with Crippen molar-refractivity contribution >= 4 is 5.97 Å². The highest BCUT2D eigenvalue weighted by molar-refractivity contribution is 5.71. The number of carbonyl (C=O) groups is 1. The Morgan fingerprint density at radius 2 is 2.40 bits per heavy atom. The molecule has 0 aromatic carbocycles. The van der Waals surface area contributed by atoms with E-state index in [1.807, 2.05) is 0 Å².